The number of thiazole rings is 1. The molecule has 7 heteroatoms. The monoisotopic (exact) mass is 255 g/mol. The van der Waals surface area contributed by atoms with Crippen LogP contribution in [-0.4, -0.2) is 29.4 Å². The summed E-state index contributed by atoms with van der Waals surface area (Å²) < 4.78 is 4.89. The molecule has 0 saturated heterocycles. The summed E-state index contributed by atoms with van der Waals surface area (Å²) >= 11 is 1.24. The van der Waals surface area contributed by atoms with Gasteiger partial charge in [0.2, 0.25) is 5.71 Å². The van der Waals surface area contributed by atoms with Gasteiger partial charge in [-0.25, -0.2) is 9.78 Å². The fourth-order valence-corrected chi connectivity index (χ4v) is 1.63. The molecule has 17 heavy (non-hydrogen) atoms. The molecule has 1 aliphatic rings. The molecular weight excluding hydrogens is 242 g/mol. The minimum absolute atomic E-state index is 0.0756. The lowest BCUT2D eigenvalue weighted by Crippen LogP contribution is -2.20. The number of hydrogen-bond donors (Lipinski definition) is 1. The number of nitrogens with two attached hydrogens (primary N) is 1. The van der Waals surface area contributed by atoms with Crippen LogP contribution in [0.5, 0.6) is 0 Å². The Balaban J connectivity index is 2.16. The smallest absolute Gasteiger partial charge is 0.362 e. The first-order valence-corrected chi connectivity index (χ1v) is 6.21. The topological polar surface area (TPSA) is 86.8 Å². The minimum atomic E-state index is -0.543. The molecule has 0 radical (unpaired) electrons. The Labute approximate surface area is 102 Å². The molecule has 2 N–H and O–H groups in total. The highest BCUT2D eigenvalue weighted by molar-refractivity contribution is 7.13. The normalized spacial score (nSPS) is 15.7. The molecule has 0 spiro atoms. The molecule has 0 aromatic carbocycles. The number of anilines is 1. The predicted octanol–water partition coefficient (Wildman–Crippen LogP) is 1.17. The molecule has 1 saturated carbocycles. The van der Waals surface area contributed by atoms with E-state index in [1.165, 1.54) is 11.3 Å². The molecule has 1 aromatic rings. The largest absolute Gasteiger partial charge is 0.461 e. The number of hydrogen-bond acceptors (Lipinski definition) is 7. The third kappa shape index (κ3) is 3.16. The second kappa shape index (κ2) is 5.13. The molecule has 0 unspecified atom stereocenters. The van der Waals surface area contributed by atoms with E-state index in [2.05, 4.69) is 10.1 Å². The fourth-order valence-electron chi connectivity index (χ4n) is 1.09. The summed E-state index contributed by atoms with van der Waals surface area (Å²) in [5, 5.41) is 5.85. The number of nitrogens with zero attached hydrogens (tertiary/aromatic N) is 2. The first kappa shape index (κ1) is 11.8. The van der Waals surface area contributed by atoms with E-state index in [1.54, 1.807) is 12.3 Å². The summed E-state index contributed by atoms with van der Waals surface area (Å²) in [4.78, 5) is 20.8. The number of nitrogen functional groups attached to an aromatic ring is 1. The summed E-state index contributed by atoms with van der Waals surface area (Å²) in [5.41, 5.74) is 5.99. The Morgan fingerprint density at radius 1 is 1.71 bits per heavy atom. The SMILES string of the molecule is CCOC(=O)C(=NOC1CC1)c1csc(N)n1. The van der Waals surface area contributed by atoms with Crippen LogP contribution >= 0.6 is 11.3 Å². The van der Waals surface area contributed by atoms with Crippen molar-refractivity contribution < 1.29 is 14.4 Å². The van der Waals surface area contributed by atoms with Crippen LogP contribution in [0.15, 0.2) is 10.5 Å². The van der Waals surface area contributed by atoms with Crippen LogP contribution in [0.2, 0.25) is 0 Å². The van der Waals surface area contributed by atoms with Crippen LogP contribution in [-0.2, 0) is 14.4 Å². The molecule has 2 rings (SSSR count). The molecule has 0 amide bonds. The number of rotatable bonds is 5. The molecular formula is C10H13N3O3S. The highest BCUT2D eigenvalue weighted by Crippen LogP contribution is 2.24. The van der Waals surface area contributed by atoms with Crippen LogP contribution in [0, 0.1) is 0 Å². The quantitative estimate of drug-likeness (QED) is 0.485. The predicted molar refractivity (Wildman–Crippen MR) is 63.8 cm³/mol. The Kier molecular flexibility index (Phi) is 3.58. The molecule has 1 fully saturated rings. The molecule has 0 aliphatic heterocycles. The molecule has 1 aliphatic carbocycles. The van der Waals surface area contributed by atoms with Crippen molar-refractivity contribution in [2.45, 2.75) is 25.9 Å². The number of aromatic nitrogens is 1. The van der Waals surface area contributed by atoms with Gasteiger partial charge in [-0.15, -0.1) is 11.3 Å². The Morgan fingerprint density at radius 3 is 3.00 bits per heavy atom. The number of esters is 1. The van der Waals surface area contributed by atoms with Gasteiger partial charge in [0.05, 0.1) is 6.61 Å². The zero-order chi connectivity index (χ0) is 12.3. The summed E-state index contributed by atoms with van der Waals surface area (Å²) in [6.07, 6.45) is 2.06. The number of oxime groups is 1. The van der Waals surface area contributed by atoms with Gasteiger partial charge in [0.15, 0.2) is 5.13 Å². The summed E-state index contributed by atoms with van der Waals surface area (Å²) in [6, 6.07) is 0. The van der Waals surface area contributed by atoms with Crippen molar-refractivity contribution >= 4 is 28.1 Å². The van der Waals surface area contributed by atoms with E-state index in [1.807, 2.05) is 0 Å². The first-order valence-electron chi connectivity index (χ1n) is 5.33. The van der Waals surface area contributed by atoms with E-state index in [4.69, 9.17) is 15.3 Å². The molecule has 0 bridgehead atoms. The summed E-state index contributed by atoms with van der Waals surface area (Å²) in [6.45, 7) is 2.01. The third-order valence-corrected chi connectivity index (χ3v) is 2.72. The van der Waals surface area contributed by atoms with Crippen molar-refractivity contribution in [1.29, 1.82) is 0 Å². The van der Waals surface area contributed by atoms with Gasteiger partial charge in [0.1, 0.15) is 11.8 Å². The van der Waals surface area contributed by atoms with E-state index >= 15 is 0 Å². The average molecular weight is 255 g/mol. The van der Waals surface area contributed by atoms with Crippen molar-refractivity contribution in [3.63, 3.8) is 0 Å². The number of ether oxygens (including phenoxy) is 1. The van der Waals surface area contributed by atoms with Crippen LogP contribution in [0.1, 0.15) is 25.5 Å². The van der Waals surface area contributed by atoms with E-state index in [0.29, 0.717) is 10.8 Å². The van der Waals surface area contributed by atoms with E-state index in [-0.39, 0.29) is 18.4 Å². The zero-order valence-electron chi connectivity index (χ0n) is 9.38. The fraction of sp³-hybridized carbons (Fsp3) is 0.500. The van der Waals surface area contributed by atoms with Gasteiger partial charge in [0, 0.05) is 5.38 Å². The summed E-state index contributed by atoms with van der Waals surface area (Å²) in [7, 11) is 0. The standard InChI is InChI=1S/C10H13N3O3S/c1-2-15-9(14)8(13-16-6-3-4-6)7-5-17-10(11)12-7/h5-6H,2-4H2,1H3,(H2,11,12). The lowest BCUT2D eigenvalue weighted by atomic mass is 10.3. The Morgan fingerprint density at radius 2 is 2.47 bits per heavy atom. The highest BCUT2D eigenvalue weighted by atomic mass is 32.1. The second-order valence-electron chi connectivity index (χ2n) is 3.54. The van der Waals surface area contributed by atoms with Crippen LogP contribution < -0.4 is 5.73 Å². The van der Waals surface area contributed by atoms with Crippen molar-refractivity contribution in [2.75, 3.05) is 12.3 Å². The lowest BCUT2D eigenvalue weighted by Gasteiger charge is -2.03. The van der Waals surface area contributed by atoms with Gasteiger partial charge in [-0.05, 0) is 19.8 Å². The number of carbonyl (C=O) groups excluding carboxylic acids is 1. The van der Waals surface area contributed by atoms with E-state index in [9.17, 15) is 4.79 Å². The molecule has 1 heterocycles. The maximum absolute atomic E-state index is 11.7. The van der Waals surface area contributed by atoms with Gasteiger partial charge >= 0.3 is 5.97 Å². The number of carbonyl (C=O) groups is 1. The molecule has 0 atom stereocenters. The highest BCUT2D eigenvalue weighted by Gasteiger charge is 2.26. The van der Waals surface area contributed by atoms with Crippen LogP contribution in [0.3, 0.4) is 0 Å². The molecule has 6 nitrogen and oxygen atoms in total. The average Bonchev–Trinajstić information content (AvgIpc) is 3.02. The van der Waals surface area contributed by atoms with Gasteiger partial charge < -0.3 is 15.3 Å². The molecule has 1 aromatic heterocycles. The van der Waals surface area contributed by atoms with Crippen molar-refractivity contribution in [3.8, 4) is 0 Å². The Bertz CT molecular complexity index is 440. The van der Waals surface area contributed by atoms with Crippen molar-refractivity contribution in [2.24, 2.45) is 5.16 Å². The maximum atomic E-state index is 11.7. The van der Waals surface area contributed by atoms with Gasteiger partial charge in [0.25, 0.3) is 0 Å². The minimum Gasteiger partial charge on any atom is -0.461 e. The van der Waals surface area contributed by atoms with Gasteiger partial charge in [-0.2, -0.15) is 0 Å². The van der Waals surface area contributed by atoms with Crippen molar-refractivity contribution in [3.05, 3.63) is 11.1 Å². The third-order valence-electron chi connectivity index (χ3n) is 2.05. The zero-order valence-corrected chi connectivity index (χ0v) is 10.2. The molecule has 92 valence electrons. The second-order valence-corrected chi connectivity index (χ2v) is 4.43. The van der Waals surface area contributed by atoms with E-state index < -0.39 is 5.97 Å². The first-order chi connectivity index (χ1) is 8.20. The van der Waals surface area contributed by atoms with E-state index in [0.717, 1.165) is 12.8 Å². The van der Waals surface area contributed by atoms with Crippen LogP contribution in [0.25, 0.3) is 0 Å². The maximum Gasteiger partial charge on any atom is 0.362 e. The Hall–Kier alpha value is -1.63. The summed E-state index contributed by atoms with van der Waals surface area (Å²) in [5.74, 6) is -0.543. The van der Waals surface area contributed by atoms with Crippen molar-refractivity contribution in [1.82, 2.24) is 4.98 Å². The van der Waals surface area contributed by atoms with Gasteiger partial charge in [-0.3, -0.25) is 0 Å². The van der Waals surface area contributed by atoms with Gasteiger partial charge in [-0.1, -0.05) is 5.16 Å². The lowest BCUT2D eigenvalue weighted by molar-refractivity contribution is -0.135. The van der Waals surface area contributed by atoms with Crippen LogP contribution in [0.4, 0.5) is 5.13 Å².